The van der Waals surface area contributed by atoms with E-state index in [-0.39, 0.29) is 0 Å². The number of ether oxygens (including phenoxy) is 3. The monoisotopic (exact) mass is 507 g/mol. The van der Waals surface area contributed by atoms with Gasteiger partial charge in [0.05, 0.1) is 25.3 Å². The molecule has 1 aromatic heterocycles. The fourth-order valence-corrected chi connectivity index (χ4v) is 5.30. The quantitative estimate of drug-likeness (QED) is 0.474. The summed E-state index contributed by atoms with van der Waals surface area (Å²) < 4.78 is 17.2. The van der Waals surface area contributed by atoms with Crippen LogP contribution in [0.5, 0.6) is 5.75 Å². The van der Waals surface area contributed by atoms with Crippen LogP contribution in [-0.4, -0.2) is 92.7 Å². The summed E-state index contributed by atoms with van der Waals surface area (Å²) in [6.07, 6.45) is 14.0. The van der Waals surface area contributed by atoms with Gasteiger partial charge in [-0.2, -0.15) is 0 Å². The summed E-state index contributed by atoms with van der Waals surface area (Å²) in [5.74, 6) is 0.936. The molecule has 8 heteroatoms. The number of fused-ring (bicyclic) bond motifs is 2. The van der Waals surface area contributed by atoms with Gasteiger partial charge in [0, 0.05) is 55.6 Å². The fourth-order valence-electron chi connectivity index (χ4n) is 5.30. The molecule has 200 valence electrons. The summed E-state index contributed by atoms with van der Waals surface area (Å²) in [5, 5.41) is 4.49. The van der Waals surface area contributed by atoms with Gasteiger partial charge < -0.3 is 29.4 Å². The summed E-state index contributed by atoms with van der Waals surface area (Å²) in [4.78, 5) is 8.06. The maximum Gasteiger partial charge on any atom is 0.164 e. The Hall–Kier alpha value is -2.62. The zero-order valence-electron chi connectivity index (χ0n) is 21.8. The number of hydrogen-bond donors (Lipinski definition) is 3. The molecular formula is C29H41N5O3. The van der Waals surface area contributed by atoms with Crippen LogP contribution >= 0.6 is 0 Å². The van der Waals surface area contributed by atoms with Gasteiger partial charge in [-0.3, -0.25) is 10.6 Å². The van der Waals surface area contributed by atoms with E-state index in [0.717, 1.165) is 75.1 Å². The van der Waals surface area contributed by atoms with Crippen molar-refractivity contribution in [3.63, 3.8) is 0 Å². The molecular weight excluding hydrogens is 466 g/mol. The number of likely N-dealkylation sites (tertiary alicyclic amines) is 1. The van der Waals surface area contributed by atoms with Crippen molar-refractivity contribution in [1.29, 1.82) is 0 Å². The van der Waals surface area contributed by atoms with Crippen LogP contribution in [0, 0.1) is 0 Å². The van der Waals surface area contributed by atoms with Gasteiger partial charge in [0.15, 0.2) is 5.72 Å². The maximum atomic E-state index is 6.38. The normalized spacial score (nSPS) is 24.0. The first-order valence-electron chi connectivity index (χ1n) is 13.7. The van der Waals surface area contributed by atoms with Crippen LogP contribution in [0.25, 0.3) is 10.9 Å². The first-order valence-corrected chi connectivity index (χ1v) is 13.7. The Morgan fingerprint density at radius 2 is 1.78 bits per heavy atom. The molecule has 4 aliphatic rings. The number of nitrogens with two attached hydrogens (primary N) is 1. The van der Waals surface area contributed by atoms with Crippen LogP contribution in [0.1, 0.15) is 19.3 Å². The van der Waals surface area contributed by atoms with Gasteiger partial charge in [0.25, 0.3) is 0 Å². The van der Waals surface area contributed by atoms with E-state index in [1.807, 2.05) is 30.5 Å². The van der Waals surface area contributed by atoms with E-state index >= 15 is 0 Å². The maximum absolute atomic E-state index is 6.38. The number of hydrogen-bond acceptors (Lipinski definition) is 7. The van der Waals surface area contributed by atoms with Crippen molar-refractivity contribution >= 4 is 10.9 Å². The SMILES string of the molecule is NC1(OCCN2CCCCC2)C=CC=C2NCC=C21.c1cc(OCCN2CCOCC2)c2[nH]ccc2c1. The Kier molecular flexibility index (Phi) is 8.97. The van der Waals surface area contributed by atoms with E-state index in [2.05, 4.69) is 44.4 Å². The lowest BCUT2D eigenvalue weighted by atomic mass is 9.97. The Balaban J connectivity index is 0.000000152. The molecule has 8 nitrogen and oxygen atoms in total. The molecule has 3 aliphatic heterocycles. The molecule has 1 aromatic carbocycles. The lowest BCUT2D eigenvalue weighted by Crippen LogP contribution is -2.46. The van der Waals surface area contributed by atoms with Gasteiger partial charge in [-0.05, 0) is 50.2 Å². The Morgan fingerprint density at radius 1 is 0.973 bits per heavy atom. The molecule has 2 fully saturated rings. The molecule has 37 heavy (non-hydrogen) atoms. The number of para-hydroxylation sites is 1. The Labute approximate surface area is 220 Å². The molecule has 2 saturated heterocycles. The highest BCUT2D eigenvalue weighted by atomic mass is 16.5. The highest BCUT2D eigenvalue weighted by Gasteiger charge is 2.34. The van der Waals surface area contributed by atoms with Gasteiger partial charge in [-0.1, -0.05) is 30.7 Å². The molecule has 2 aromatic rings. The highest BCUT2D eigenvalue weighted by Crippen LogP contribution is 2.30. The van der Waals surface area contributed by atoms with E-state index in [1.165, 1.54) is 37.7 Å². The lowest BCUT2D eigenvalue weighted by Gasteiger charge is -2.32. The second-order valence-electron chi connectivity index (χ2n) is 9.98. The average Bonchev–Trinajstić information content (AvgIpc) is 3.62. The van der Waals surface area contributed by atoms with E-state index in [1.54, 1.807) is 0 Å². The van der Waals surface area contributed by atoms with E-state index < -0.39 is 5.72 Å². The minimum absolute atomic E-state index is 0.686. The third-order valence-corrected chi connectivity index (χ3v) is 7.43. The largest absolute Gasteiger partial charge is 0.490 e. The first kappa shape index (κ1) is 26.0. The number of piperidine rings is 1. The van der Waals surface area contributed by atoms with Crippen LogP contribution in [-0.2, 0) is 9.47 Å². The molecule has 1 atom stereocenters. The van der Waals surface area contributed by atoms with Gasteiger partial charge in [0.1, 0.15) is 12.4 Å². The first-order chi connectivity index (χ1) is 18.2. The van der Waals surface area contributed by atoms with Gasteiger partial charge in [-0.15, -0.1) is 0 Å². The van der Waals surface area contributed by atoms with Crippen molar-refractivity contribution in [2.24, 2.45) is 5.73 Å². The second-order valence-corrected chi connectivity index (χ2v) is 9.98. The van der Waals surface area contributed by atoms with Gasteiger partial charge in [0.2, 0.25) is 0 Å². The molecule has 0 radical (unpaired) electrons. The van der Waals surface area contributed by atoms with Crippen molar-refractivity contribution in [2.45, 2.75) is 25.0 Å². The number of H-pyrrole nitrogens is 1. The molecule has 0 amide bonds. The third-order valence-electron chi connectivity index (χ3n) is 7.43. The van der Waals surface area contributed by atoms with Crippen LogP contribution in [0.3, 0.4) is 0 Å². The van der Waals surface area contributed by atoms with Crippen molar-refractivity contribution in [3.8, 4) is 5.75 Å². The van der Waals surface area contributed by atoms with E-state index in [9.17, 15) is 0 Å². The molecule has 1 unspecified atom stereocenters. The number of nitrogens with zero attached hydrogens (tertiary/aromatic N) is 2. The molecule has 4 heterocycles. The molecule has 0 saturated carbocycles. The van der Waals surface area contributed by atoms with Gasteiger partial charge >= 0.3 is 0 Å². The zero-order valence-corrected chi connectivity index (χ0v) is 21.8. The number of nitrogens with one attached hydrogen (secondary N) is 2. The summed E-state index contributed by atoms with van der Waals surface area (Å²) in [6, 6.07) is 8.18. The number of benzene rings is 1. The average molecular weight is 508 g/mol. The number of rotatable bonds is 8. The minimum Gasteiger partial charge on any atom is -0.490 e. The molecule has 4 N–H and O–H groups in total. The van der Waals surface area contributed by atoms with Crippen LogP contribution in [0.15, 0.2) is 66.0 Å². The zero-order chi connectivity index (χ0) is 25.3. The lowest BCUT2D eigenvalue weighted by molar-refractivity contribution is 0.00955. The number of allylic oxidation sites excluding steroid dienone is 2. The van der Waals surface area contributed by atoms with Gasteiger partial charge in [-0.25, -0.2) is 0 Å². The summed E-state index contributed by atoms with van der Waals surface area (Å²) >= 11 is 0. The van der Waals surface area contributed by atoms with Crippen LogP contribution in [0.2, 0.25) is 0 Å². The van der Waals surface area contributed by atoms with E-state index in [4.69, 9.17) is 19.9 Å². The van der Waals surface area contributed by atoms with Crippen molar-refractivity contribution in [3.05, 3.63) is 66.0 Å². The number of morpholine rings is 1. The molecule has 1 aliphatic carbocycles. The number of aromatic nitrogens is 1. The third kappa shape index (κ3) is 6.83. The Bertz CT molecular complexity index is 1100. The van der Waals surface area contributed by atoms with Crippen LogP contribution < -0.4 is 15.8 Å². The Morgan fingerprint density at radius 3 is 2.65 bits per heavy atom. The fraction of sp³-hybridized carbons (Fsp3) is 0.517. The number of aromatic amines is 1. The molecule has 6 rings (SSSR count). The predicted octanol–water partition coefficient (Wildman–Crippen LogP) is 3.01. The van der Waals surface area contributed by atoms with E-state index in [0.29, 0.717) is 6.61 Å². The second kappa shape index (κ2) is 12.8. The van der Waals surface area contributed by atoms with Crippen molar-refractivity contribution in [1.82, 2.24) is 20.1 Å². The van der Waals surface area contributed by atoms with Crippen LogP contribution in [0.4, 0.5) is 0 Å². The standard InChI is InChI=1S/C15H23N3O.C14H18N2O2/c16-15(7-4-5-14-13(15)6-8-17-14)19-12-11-18-9-2-1-3-10-18;1-2-12-4-5-15-14(12)13(3-1)18-11-8-16-6-9-17-10-7-16/h4-7,17H,1-3,8-12,16H2;1-5,15H,6-11H2. The summed E-state index contributed by atoms with van der Waals surface area (Å²) in [5.41, 5.74) is 8.90. The van der Waals surface area contributed by atoms with Crippen molar-refractivity contribution in [2.75, 3.05) is 72.2 Å². The smallest absolute Gasteiger partial charge is 0.164 e. The summed E-state index contributed by atoms with van der Waals surface area (Å²) in [7, 11) is 0. The summed E-state index contributed by atoms with van der Waals surface area (Å²) in [6.45, 7) is 10.3. The topological polar surface area (TPSA) is 88.0 Å². The molecule has 0 spiro atoms. The van der Waals surface area contributed by atoms with Crippen molar-refractivity contribution < 1.29 is 14.2 Å². The predicted molar refractivity (Wildman–Crippen MR) is 148 cm³/mol. The molecule has 0 bridgehead atoms. The highest BCUT2D eigenvalue weighted by molar-refractivity contribution is 5.85. The minimum atomic E-state index is -0.747.